The summed E-state index contributed by atoms with van der Waals surface area (Å²) in [6.07, 6.45) is 5.69. The van der Waals surface area contributed by atoms with Crippen molar-refractivity contribution in [2.45, 2.75) is 13.2 Å². The molecule has 1 aliphatic rings. The summed E-state index contributed by atoms with van der Waals surface area (Å²) in [5.41, 5.74) is 0. The van der Waals surface area contributed by atoms with Gasteiger partial charge in [0, 0.05) is 56.6 Å². The van der Waals surface area contributed by atoms with Crippen molar-refractivity contribution in [3.8, 4) is 0 Å². The van der Waals surface area contributed by atoms with Gasteiger partial charge in [-0.2, -0.15) is 4.37 Å². The van der Waals surface area contributed by atoms with Crippen molar-refractivity contribution in [3.63, 3.8) is 0 Å². The molecule has 0 aromatic carbocycles. The van der Waals surface area contributed by atoms with E-state index in [1.807, 2.05) is 18.7 Å². The Morgan fingerprint density at radius 2 is 2.39 bits per heavy atom. The zero-order chi connectivity index (χ0) is 12.4. The second-order valence-electron chi connectivity index (χ2n) is 4.46. The molecule has 0 aliphatic carbocycles. The number of anilines is 1. The molecule has 3 heterocycles. The van der Waals surface area contributed by atoms with Gasteiger partial charge in [-0.3, -0.25) is 0 Å². The average molecular weight is 265 g/mol. The van der Waals surface area contributed by atoms with Crippen LogP contribution in [0.3, 0.4) is 0 Å². The van der Waals surface area contributed by atoms with Crippen LogP contribution in [-0.2, 0) is 17.9 Å². The molecule has 1 aliphatic heterocycles. The lowest BCUT2D eigenvalue weighted by molar-refractivity contribution is 0.179. The third kappa shape index (κ3) is 2.37. The summed E-state index contributed by atoms with van der Waals surface area (Å²) in [4.78, 5) is 10.8. The SMILES string of the molecule is COCc1nsc(N2CC(Cn3ccnc3)C2)n1. The molecule has 1 saturated heterocycles. The highest BCUT2D eigenvalue weighted by Crippen LogP contribution is 2.27. The number of hydrogen-bond acceptors (Lipinski definition) is 6. The third-order valence-electron chi connectivity index (χ3n) is 2.99. The Balaban J connectivity index is 1.51. The van der Waals surface area contributed by atoms with E-state index >= 15 is 0 Å². The zero-order valence-corrected chi connectivity index (χ0v) is 11.0. The van der Waals surface area contributed by atoms with E-state index in [4.69, 9.17) is 4.74 Å². The minimum absolute atomic E-state index is 0.489. The lowest BCUT2D eigenvalue weighted by atomic mass is 10.0. The van der Waals surface area contributed by atoms with Gasteiger partial charge in [0.1, 0.15) is 6.61 Å². The van der Waals surface area contributed by atoms with Gasteiger partial charge in [0.25, 0.3) is 0 Å². The maximum Gasteiger partial charge on any atom is 0.205 e. The fraction of sp³-hybridized carbons (Fsp3) is 0.545. The fourth-order valence-corrected chi connectivity index (χ4v) is 2.79. The van der Waals surface area contributed by atoms with Crippen molar-refractivity contribution in [2.75, 3.05) is 25.1 Å². The minimum Gasteiger partial charge on any atom is -0.377 e. The highest BCUT2D eigenvalue weighted by atomic mass is 32.1. The van der Waals surface area contributed by atoms with Gasteiger partial charge >= 0.3 is 0 Å². The molecule has 2 aromatic rings. The van der Waals surface area contributed by atoms with Crippen LogP contribution in [-0.4, -0.2) is 39.1 Å². The van der Waals surface area contributed by atoms with E-state index in [-0.39, 0.29) is 0 Å². The van der Waals surface area contributed by atoms with E-state index < -0.39 is 0 Å². The molecular weight excluding hydrogens is 250 g/mol. The molecule has 0 atom stereocenters. The van der Waals surface area contributed by atoms with Crippen LogP contribution >= 0.6 is 11.5 Å². The molecule has 7 heteroatoms. The van der Waals surface area contributed by atoms with E-state index in [0.29, 0.717) is 12.5 Å². The summed E-state index contributed by atoms with van der Waals surface area (Å²) in [6, 6.07) is 0. The van der Waals surface area contributed by atoms with Crippen LogP contribution in [0.2, 0.25) is 0 Å². The molecule has 2 aromatic heterocycles. The number of ether oxygens (including phenoxy) is 1. The van der Waals surface area contributed by atoms with Crippen molar-refractivity contribution in [1.29, 1.82) is 0 Å². The summed E-state index contributed by atoms with van der Waals surface area (Å²) in [7, 11) is 1.66. The van der Waals surface area contributed by atoms with Gasteiger partial charge < -0.3 is 14.2 Å². The third-order valence-corrected chi connectivity index (χ3v) is 3.80. The van der Waals surface area contributed by atoms with Gasteiger partial charge in [-0.15, -0.1) is 0 Å². The lowest BCUT2D eigenvalue weighted by Gasteiger charge is -2.38. The Labute approximate surface area is 109 Å². The highest BCUT2D eigenvalue weighted by Gasteiger charge is 2.29. The summed E-state index contributed by atoms with van der Waals surface area (Å²) in [5.74, 6) is 1.45. The molecule has 1 fully saturated rings. The van der Waals surface area contributed by atoms with Crippen molar-refractivity contribution in [1.82, 2.24) is 18.9 Å². The molecule has 0 unspecified atom stereocenters. The number of rotatable bonds is 5. The summed E-state index contributed by atoms with van der Waals surface area (Å²) in [5, 5.41) is 1.00. The van der Waals surface area contributed by atoms with Crippen molar-refractivity contribution in [2.24, 2.45) is 5.92 Å². The van der Waals surface area contributed by atoms with Crippen LogP contribution in [0.5, 0.6) is 0 Å². The minimum atomic E-state index is 0.489. The van der Waals surface area contributed by atoms with Crippen LogP contribution in [0.1, 0.15) is 5.82 Å². The molecular formula is C11H15N5OS. The van der Waals surface area contributed by atoms with E-state index in [9.17, 15) is 0 Å². The zero-order valence-electron chi connectivity index (χ0n) is 10.2. The monoisotopic (exact) mass is 265 g/mol. The van der Waals surface area contributed by atoms with E-state index in [1.165, 1.54) is 11.5 Å². The molecule has 6 nitrogen and oxygen atoms in total. The van der Waals surface area contributed by atoms with Gasteiger partial charge in [-0.05, 0) is 0 Å². The van der Waals surface area contributed by atoms with Gasteiger partial charge in [0.2, 0.25) is 5.13 Å². The van der Waals surface area contributed by atoms with Crippen LogP contribution in [0.15, 0.2) is 18.7 Å². The topological polar surface area (TPSA) is 56.1 Å². The maximum absolute atomic E-state index is 5.02. The molecule has 0 amide bonds. The first kappa shape index (κ1) is 11.6. The lowest BCUT2D eigenvalue weighted by Crippen LogP contribution is -2.48. The highest BCUT2D eigenvalue weighted by molar-refractivity contribution is 7.09. The number of aromatic nitrogens is 4. The number of methoxy groups -OCH3 is 1. The predicted octanol–water partition coefficient (Wildman–Crippen LogP) is 1.02. The predicted molar refractivity (Wildman–Crippen MR) is 68.6 cm³/mol. The molecule has 0 spiro atoms. The van der Waals surface area contributed by atoms with Gasteiger partial charge in [0.15, 0.2) is 5.82 Å². The molecule has 96 valence electrons. The molecule has 18 heavy (non-hydrogen) atoms. The number of nitrogens with zero attached hydrogens (tertiary/aromatic N) is 5. The van der Waals surface area contributed by atoms with Crippen LogP contribution in [0, 0.1) is 5.92 Å². The maximum atomic E-state index is 5.02. The molecule has 0 bridgehead atoms. The van der Waals surface area contributed by atoms with Gasteiger partial charge in [-0.1, -0.05) is 0 Å². The molecule has 0 saturated carbocycles. The fourth-order valence-electron chi connectivity index (χ4n) is 2.10. The summed E-state index contributed by atoms with van der Waals surface area (Å²) in [6.45, 7) is 3.60. The Kier molecular flexibility index (Phi) is 3.24. The quantitative estimate of drug-likeness (QED) is 0.808. The number of hydrogen-bond donors (Lipinski definition) is 0. The van der Waals surface area contributed by atoms with Crippen LogP contribution in [0.4, 0.5) is 5.13 Å². The van der Waals surface area contributed by atoms with E-state index in [1.54, 1.807) is 7.11 Å². The largest absolute Gasteiger partial charge is 0.377 e. The smallest absolute Gasteiger partial charge is 0.205 e. The normalized spacial score (nSPS) is 15.9. The Morgan fingerprint density at radius 3 is 3.11 bits per heavy atom. The van der Waals surface area contributed by atoms with Crippen molar-refractivity contribution in [3.05, 3.63) is 24.5 Å². The molecule has 0 radical (unpaired) electrons. The molecule has 3 rings (SSSR count). The van der Waals surface area contributed by atoms with Crippen molar-refractivity contribution < 1.29 is 4.74 Å². The summed E-state index contributed by atoms with van der Waals surface area (Å²) < 4.78 is 11.4. The van der Waals surface area contributed by atoms with Gasteiger partial charge in [0.05, 0.1) is 6.33 Å². The van der Waals surface area contributed by atoms with Crippen LogP contribution < -0.4 is 4.90 Å². The first-order valence-electron chi connectivity index (χ1n) is 5.87. The van der Waals surface area contributed by atoms with E-state index in [2.05, 4.69) is 23.8 Å². The Bertz CT molecular complexity index is 491. The average Bonchev–Trinajstić information content (AvgIpc) is 2.94. The van der Waals surface area contributed by atoms with E-state index in [0.717, 1.165) is 30.6 Å². The first-order chi connectivity index (χ1) is 8.85. The standard InChI is InChI=1S/C11H15N5OS/c1-17-7-10-13-11(18-14-10)16-5-9(6-16)4-15-3-2-12-8-15/h2-3,8-9H,4-7H2,1H3. The van der Waals surface area contributed by atoms with Gasteiger partial charge in [-0.25, -0.2) is 9.97 Å². The summed E-state index contributed by atoms with van der Waals surface area (Å²) >= 11 is 1.45. The van der Waals surface area contributed by atoms with Crippen LogP contribution in [0.25, 0.3) is 0 Å². The second-order valence-corrected chi connectivity index (χ2v) is 5.19. The Morgan fingerprint density at radius 1 is 1.50 bits per heavy atom. The Hall–Kier alpha value is -1.47. The second kappa shape index (κ2) is 5.03. The number of imidazole rings is 1. The molecule has 0 N–H and O–H groups in total. The van der Waals surface area contributed by atoms with Crippen molar-refractivity contribution >= 4 is 16.7 Å². The first-order valence-corrected chi connectivity index (χ1v) is 6.64.